The van der Waals surface area contributed by atoms with Crippen LogP contribution in [0.2, 0.25) is 10.0 Å². The molecule has 10 heteroatoms. The number of anilines is 2. The van der Waals surface area contributed by atoms with Crippen LogP contribution < -0.4 is 15.0 Å². The Morgan fingerprint density at radius 2 is 1.61 bits per heavy atom. The number of ether oxygens (including phenoxy) is 2. The number of halogens is 2. The van der Waals surface area contributed by atoms with Crippen LogP contribution in [0.1, 0.15) is 27.6 Å². The molecule has 0 bridgehead atoms. The first-order valence-electron chi connectivity index (χ1n) is 12.0. The monoisotopic (exact) mass is 555 g/mol. The second kappa shape index (κ2) is 12.2. The average molecular weight is 556 g/mol. The van der Waals surface area contributed by atoms with Gasteiger partial charge in [-0.2, -0.15) is 0 Å². The standard InChI is InChI=1S/C28H27Cl2N3O5/c1-18(38-25-11-9-21(29)17-22(25)30)26(34)31-23-16-20(28(36)37-2)8-10-24(23)32-12-14-33(15-13-32)27(35)19-6-4-3-5-7-19/h3-11,16-18H,12-15H2,1-2H3,(H,31,34)/t18-/m0/s1. The van der Waals surface area contributed by atoms with Crippen LogP contribution in [0, 0.1) is 0 Å². The Morgan fingerprint density at radius 1 is 0.895 bits per heavy atom. The van der Waals surface area contributed by atoms with Crippen molar-refractivity contribution in [3.8, 4) is 5.75 Å². The maximum Gasteiger partial charge on any atom is 0.337 e. The molecule has 1 aliphatic heterocycles. The van der Waals surface area contributed by atoms with Crippen molar-refractivity contribution in [1.82, 2.24) is 4.90 Å². The zero-order chi connectivity index (χ0) is 27.2. The molecule has 198 valence electrons. The van der Waals surface area contributed by atoms with Crippen LogP contribution in [0.15, 0.2) is 66.7 Å². The first kappa shape index (κ1) is 27.3. The topological polar surface area (TPSA) is 88.2 Å². The summed E-state index contributed by atoms with van der Waals surface area (Å²) in [6.07, 6.45) is -0.899. The van der Waals surface area contributed by atoms with Gasteiger partial charge in [-0.05, 0) is 55.5 Å². The lowest BCUT2D eigenvalue weighted by atomic mass is 10.1. The minimum Gasteiger partial charge on any atom is -0.479 e. The van der Waals surface area contributed by atoms with Crippen molar-refractivity contribution in [2.45, 2.75) is 13.0 Å². The maximum absolute atomic E-state index is 13.1. The Hall–Kier alpha value is -3.75. The Kier molecular flexibility index (Phi) is 8.76. The zero-order valence-corrected chi connectivity index (χ0v) is 22.5. The van der Waals surface area contributed by atoms with E-state index in [1.54, 1.807) is 54.3 Å². The smallest absolute Gasteiger partial charge is 0.337 e. The van der Waals surface area contributed by atoms with Gasteiger partial charge >= 0.3 is 5.97 Å². The molecule has 0 radical (unpaired) electrons. The Bertz CT molecular complexity index is 1330. The molecule has 4 rings (SSSR count). The van der Waals surface area contributed by atoms with Gasteiger partial charge < -0.3 is 24.6 Å². The summed E-state index contributed by atoms with van der Waals surface area (Å²) in [7, 11) is 1.29. The van der Waals surface area contributed by atoms with Crippen molar-refractivity contribution in [3.05, 3.63) is 87.9 Å². The molecule has 1 fully saturated rings. The van der Waals surface area contributed by atoms with Crippen LogP contribution in [0.5, 0.6) is 5.75 Å². The second-order valence-electron chi connectivity index (χ2n) is 8.69. The average Bonchev–Trinajstić information content (AvgIpc) is 2.94. The van der Waals surface area contributed by atoms with Crippen molar-refractivity contribution < 1.29 is 23.9 Å². The molecule has 3 aromatic carbocycles. The van der Waals surface area contributed by atoms with E-state index in [1.807, 2.05) is 18.2 Å². The second-order valence-corrected chi connectivity index (χ2v) is 9.54. The molecule has 1 heterocycles. The molecule has 1 N–H and O–H groups in total. The summed E-state index contributed by atoms with van der Waals surface area (Å²) < 4.78 is 10.6. The zero-order valence-electron chi connectivity index (χ0n) is 20.9. The number of hydrogen-bond donors (Lipinski definition) is 1. The van der Waals surface area contributed by atoms with Crippen molar-refractivity contribution >= 4 is 52.4 Å². The molecule has 1 saturated heterocycles. The summed E-state index contributed by atoms with van der Waals surface area (Å²) in [6, 6.07) is 18.9. The minimum absolute atomic E-state index is 0.0216. The highest BCUT2D eigenvalue weighted by Crippen LogP contribution is 2.31. The molecule has 1 aliphatic rings. The molecule has 0 aliphatic carbocycles. The molecule has 1 atom stereocenters. The van der Waals surface area contributed by atoms with Crippen LogP contribution in [0.25, 0.3) is 0 Å². The van der Waals surface area contributed by atoms with Gasteiger partial charge in [-0.15, -0.1) is 0 Å². The Labute approximate surface area is 231 Å². The van der Waals surface area contributed by atoms with Crippen LogP contribution in [0.4, 0.5) is 11.4 Å². The number of nitrogens with one attached hydrogen (secondary N) is 1. The number of piperazine rings is 1. The van der Waals surface area contributed by atoms with E-state index in [1.165, 1.54) is 13.2 Å². The van der Waals surface area contributed by atoms with E-state index in [0.29, 0.717) is 53.8 Å². The summed E-state index contributed by atoms with van der Waals surface area (Å²) in [4.78, 5) is 42.0. The lowest BCUT2D eigenvalue weighted by Gasteiger charge is -2.37. The van der Waals surface area contributed by atoms with Gasteiger partial charge in [0.15, 0.2) is 6.10 Å². The van der Waals surface area contributed by atoms with Gasteiger partial charge in [-0.1, -0.05) is 41.4 Å². The third-order valence-corrected chi connectivity index (χ3v) is 6.70. The molecule has 0 aromatic heterocycles. The van der Waals surface area contributed by atoms with Crippen molar-refractivity contribution in [2.75, 3.05) is 43.5 Å². The number of hydrogen-bond acceptors (Lipinski definition) is 6. The van der Waals surface area contributed by atoms with Crippen LogP contribution >= 0.6 is 23.2 Å². The highest BCUT2D eigenvalue weighted by atomic mass is 35.5. The number of benzene rings is 3. The van der Waals surface area contributed by atoms with Crippen molar-refractivity contribution in [1.29, 1.82) is 0 Å². The lowest BCUT2D eigenvalue weighted by Crippen LogP contribution is -2.49. The molecule has 2 amide bonds. The summed E-state index contributed by atoms with van der Waals surface area (Å²) in [5, 5.41) is 3.61. The molecule has 0 spiro atoms. The van der Waals surface area contributed by atoms with Crippen LogP contribution in [-0.4, -0.2) is 62.1 Å². The van der Waals surface area contributed by atoms with E-state index in [2.05, 4.69) is 10.2 Å². The fourth-order valence-corrected chi connectivity index (χ4v) is 4.57. The number of amides is 2. The van der Waals surface area contributed by atoms with Gasteiger partial charge in [0, 0.05) is 36.8 Å². The predicted molar refractivity (Wildman–Crippen MR) is 148 cm³/mol. The fraction of sp³-hybridized carbons (Fsp3) is 0.250. The van der Waals surface area contributed by atoms with E-state index in [4.69, 9.17) is 32.7 Å². The maximum atomic E-state index is 13.1. The van der Waals surface area contributed by atoms with Gasteiger partial charge in [0.1, 0.15) is 5.75 Å². The third kappa shape index (κ3) is 6.38. The first-order chi connectivity index (χ1) is 18.3. The van der Waals surface area contributed by atoms with Gasteiger partial charge in [0.25, 0.3) is 11.8 Å². The van der Waals surface area contributed by atoms with Crippen LogP contribution in [0.3, 0.4) is 0 Å². The molecular formula is C28H27Cl2N3O5. The number of carbonyl (C=O) groups is 3. The minimum atomic E-state index is -0.899. The largest absolute Gasteiger partial charge is 0.479 e. The first-order valence-corrected chi connectivity index (χ1v) is 12.8. The van der Waals surface area contributed by atoms with Crippen molar-refractivity contribution in [2.24, 2.45) is 0 Å². The number of nitrogens with zero attached hydrogens (tertiary/aromatic N) is 2. The van der Waals surface area contributed by atoms with Gasteiger partial charge in [0.05, 0.1) is 29.1 Å². The van der Waals surface area contributed by atoms with E-state index in [0.717, 1.165) is 5.69 Å². The van der Waals surface area contributed by atoms with Gasteiger partial charge in [-0.25, -0.2) is 4.79 Å². The molecule has 3 aromatic rings. The molecule has 38 heavy (non-hydrogen) atoms. The SMILES string of the molecule is COC(=O)c1ccc(N2CCN(C(=O)c3ccccc3)CC2)c(NC(=O)[C@H](C)Oc2ccc(Cl)cc2Cl)c1. The number of esters is 1. The Balaban J connectivity index is 1.50. The predicted octanol–water partition coefficient (Wildman–Crippen LogP) is 5.15. The van der Waals surface area contributed by atoms with E-state index in [9.17, 15) is 14.4 Å². The normalized spacial score (nSPS) is 14.0. The van der Waals surface area contributed by atoms with Gasteiger partial charge in [-0.3, -0.25) is 9.59 Å². The highest BCUT2D eigenvalue weighted by Gasteiger charge is 2.25. The number of rotatable bonds is 7. The molecule has 8 nitrogen and oxygen atoms in total. The van der Waals surface area contributed by atoms with E-state index < -0.39 is 18.0 Å². The van der Waals surface area contributed by atoms with E-state index >= 15 is 0 Å². The lowest BCUT2D eigenvalue weighted by molar-refractivity contribution is -0.122. The third-order valence-electron chi connectivity index (χ3n) is 6.17. The molecule has 0 unspecified atom stereocenters. The highest BCUT2D eigenvalue weighted by molar-refractivity contribution is 6.35. The fourth-order valence-electron chi connectivity index (χ4n) is 4.12. The quantitative estimate of drug-likeness (QED) is 0.405. The van der Waals surface area contributed by atoms with Crippen molar-refractivity contribution in [3.63, 3.8) is 0 Å². The summed E-state index contributed by atoms with van der Waals surface area (Å²) >= 11 is 12.1. The van der Waals surface area contributed by atoms with E-state index in [-0.39, 0.29) is 10.9 Å². The molecular weight excluding hydrogens is 529 g/mol. The summed E-state index contributed by atoms with van der Waals surface area (Å²) in [6.45, 7) is 3.71. The number of methoxy groups -OCH3 is 1. The number of carbonyl (C=O) groups excluding carboxylic acids is 3. The molecule has 0 saturated carbocycles. The Morgan fingerprint density at radius 3 is 2.26 bits per heavy atom. The summed E-state index contributed by atoms with van der Waals surface area (Å²) in [5.41, 5.74) is 2.08. The van der Waals surface area contributed by atoms with Gasteiger partial charge in [0.2, 0.25) is 0 Å². The summed E-state index contributed by atoms with van der Waals surface area (Å²) in [5.74, 6) is -0.659. The van der Waals surface area contributed by atoms with Crippen LogP contribution in [-0.2, 0) is 9.53 Å².